The molecule has 3 nitrogen and oxygen atoms in total. The van der Waals surface area contributed by atoms with Crippen molar-refractivity contribution in [3.05, 3.63) is 44.6 Å². The van der Waals surface area contributed by atoms with Crippen LogP contribution in [-0.2, 0) is 6.54 Å². The second kappa shape index (κ2) is 7.82. The number of aliphatic hydroxyl groups excluding tert-OH is 1. The van der Waals surface area contributed by atoms with Crippen LogP contribution < -0.4 is 10.2 Å². The number of aryl methyl sites for hydroxylation is 1. The van der Waals surface area contributed by atoms with Crippen molar-refractivity contribution >= 4 is 38.6 Å². The van der Waals surface area contributed by atoms with E-state index < -0.39 is 0 Å². The van der Waals surface area contributed by atoms with Crippen molar-refractivity contribution in [3.63, 3.8) is 0 Å². The quantitative estimate of drug-likeness (QED) is 0.766. The molecule has 1 aromatic carbocycles. The largest absolute Gasteiger partial charge is 0.395 e. The number of likely N-dealkylation sites (N-methyl/N-ethyl adjacent to an activating group) is 1. The fraction of sp³-hybridized carbons (Fsp3) is 0.375. The minimum absolute atomic E-state index is 0.181. The molecule has 21 heavy (non-hydrogen) atoms. The van der Waals surface area contributed by atoms with Gasteiger partial charge in [0.1, 0.15) is 0 Å². The Hall–Kier alpha value is -1.04. The van der Waals surface area contributed by atoms with Gasteiger partial charge in [-0.25, -0.2) is 0 Å². The highest BCUT2D eigenvalue weighted by Gasteiger charge is 2.05. The van der Waals surface area contributed by atoms with Crippen LogP contribution in [0.15, 0.2) is 34.8 Å². The first-order valence-electron chi connectivity index (χ1n) is 7.08. The van der Waals surface area contributed by atoms with Crippen LogP contribution in [-0.4, -0.2) is 24.8 Å². The van der Waals surface area contributed by atoms with E-state index in [-0.39, 0.29) is 6.61 Å². The first-order chi connectivity index (χ1) is 10.1. The number of nitrogens with zero attached hydrogens (tertiary/aromatic N) is 1. The predicted molar refractivity (Wildman–Crippen MR) is 95.5 cm³/mol. The Labute approximate surface area is 138 Å². The van der Waals surface area contributed by atoms with E-state index in [1.54, 1.807) is 11.3 Å². The number of hydrogen-bond acceptors (Lipinski definition) is 4. The first kappa shape index (κ1) is 16.3. The van der Waals surface area contributed by atoms with Gasteiger partial charge in [0.05, 0.1) is 6.61 Å². The molecule has 114 valence electrons. The summed E-state index contributed by atoms with van der Waals surface area (Å²) in [6.07, 6.45) is 0. The molecule has 0 radical (unpaired) electrons. The molecule has 0 saturated heterocycles. The Morgan fingerprint density at radius 3 is 2.52 bits per heavy atom. The highest BCUT2D eigenvalue weighted by molar-refractivity contribution is 9.10. The summed E-state index contributed by atoms with van der Waals surface area (Å²) in [5.41, 5.74) is 2.26. The van der Waals surface area contributed by atoms with E-state index in [1.807, 2.05) is 0 Å². The topological polar surface area (TPSA) is 35.5 Å². The lowest BCUT2D eigenvalue weighted by molar-refractivity contribution is 0.302. The Bertz CT molecular complexity index is 549. The molecule has 0 amide bonds. The van der Waals surface area contributed by atoms with Crippen LogP contribution in [0.2, 0.25) is 0 Å². The van der Waals surface area contributed by atoms with Gasteiger partial charge in [-0.05, 0) is 60.1 Å². The number of hydrogen-bond donors (Lipinski definition) is 2. The van der Waals surface area contributed by atoms with E-state index >= 15 is 0 Å². The number of rotatable bonds is 7. The molecule has 2 N–H and O–H groups in total. The molecule has 2 aromatic rings. The third-order valence-electron chi connectivity index (χ3n) is 3.36. The van der Waals surface area contributed by atoms with Crippen LogP contribution in [0.5, 0.6) is 0 Å². The molecular formula is C16H21BrN2OS. The molecule has 1 heterocycles. The van der Waals surface area contributed by atoms with Gasteiger partial charge in [-0.15, -0.1) is 11.3 Å². The van der Waals surface area contributed by atoms with Crippen molar-refractivity contribution in [2.75, 3.05) is 29.9 Å². The smallest absolute Gasteiger partial charge is 0.0606 e. The fourth-order valence-corrected chi connectivity index (χ4v) is 3.72. The Morgan fingerprint density at radius 2 is 2.00 bits per heavy atom. The van der Waals surface area contributed by atoms with Crippen molar-refractivity contribution in [2.24, 2.45) is 0 Å². The van der Waals surface area contributed by atoms with Crippen molar-refractivity contribution in [1.29, 1.82) is 0 Å². The van der Waals surface area contributed by atoms with E-state index in [1.165, 1.54) is 14.2 Å². The van der Waals surface area contributed by atoms with Gasteiger partial charge in [0.2, 0.25) is 0 Å². The van der Waals surface area contributed by atoms with Crippen LogP contribution in [0.4, 0.5) is 11.4 Å². The molecule has 0 aliphatic carbocycles. The molecule has 0 atom stereocenters. The average Bonchev–Trinajstić information content (AvgIpc) is 2.82. The molecule has 0 fully saturated rings. The van der Waals surface area contributed by atoms with Crippen molar-refractivity contribution in [2.45, 2.75) is 20.4 Å². The zero-order valence-corrected chi connectivity index (χ0v) is 14.8. The van der Waals surface area contributed by atoms with E-state index in [0.29, 0.717) is 6.54 Å². The van der Waals surface area contributed by atoms with Gasteiger partial charge in [0.15, 0.2) is 0 Å². The second-order valence-electron chi connectivity index (χ2n) is 4.82. The van der Waals surface area contributed by atoms with E-state index in [2.05, 4.69) is 70.3 Å². The molecule has 2 rings (SSSR count). The monoisotopic (exact) mass is 368 g/mol. The molecule has 0 bridgehead atoms. The maximum absolute atomic E-state index is 9.06. The van der Waals surface area contributed by atoms with Crippen LogP contribution in [0.3, 0.4) is 0 Å². The van der Waals surface area contributed by atoms with E-state index in [9.17, 15) is 0 Å². The summed E-state index contributed by atoms with van der Waals surface area (Å²) in [5.74, 6) is 0. The SMILES string of the molecule is CCN(CCO)c1ccc(NCc2cc(Br)c(C)s2)cc1. The molecule has 0 aliphatic rings. The number of anilines is 2. The number of thiophene rings is 1. The zero-order valence-electron chi connectivity index (χ0n) is 12.4. The van der Waals surface area contributed by atoms with Gasteiger partial charge >= 0.3 is 0 Å². The van der Waals surface area contributed by atoms with Gasteiger partial charge in [-0.1, -0.05) is 0 Å². The van der Waals surface area contributed by atoms with Gasteiger partial charge in [-0.2, -0.15) is 0 Å². The lowest BCUT2D eigenvalue weighted by Gasteiger charge is -2.22. The molecular weight excluding hydrogens is 348 g/mol. The summed E-state index contributed by atoms with van der Waals surface area (Å²) in [6.45, 7) is 6.80. The minimum atomic E-state index is 0.181. The van der Waals surface area contributed by atoms with Crippen molar-refractivity contribution < 1.29 is 5.11 Å². The molecule has 0 unspecified atom stereocenters. The number of aliphatic hydroxyl groups is 1. The third-order valence-corrected chi connectivity index (χ3v) is 5.50. The summed E-state index contributed by atoms with van der Waals surface area (Å²) in [5, 5.41) is 12.5. The normalized spacial score (nSPS) is 10.7. The van der Waals surface area contributed by atoms with Crippen molar-refractivity contribution in [3.8, 4) is 0 Å². The van der Waals surface area contributed by atoms with Gasteiger partial charge in [0, 0.05) is 45.2 Å². The predicted octanol–water partition coefficient (Wildman–Crippen LogP) is 4.25. The number of halogens is 1. The van der Waals surface area contributed by atoms with Gasteiger partial charge in [0.25, 0.3) is 0 Å². The summed E-state index contributed by atoms with van der Waals surface area (Å²) < 4.78 is 1.18. The van der Waals surface area contributed by atoms with Crippen molar-refractivity contribution in [1.82, 2.24) is 0 Å². The highest BCUT2D eigenvalue weighted by atomic mass is 79.9. The molecule has 0 aliphatic heterocycles. The Balaban J connectivity index is 1.95. The minimum Gasteiger partial charge on any atom is -0.395 e. The van der Waals surface area contributed by atoms with E-state index in [0.717, 1.165) is 24.5 Å². The summed E-state index contributed by atoms with van der Waals surface area (Å²) >= 11 is 5.35. The van der Waals surface area contributed by atoms with Crippen LogP contribution in [0.1, 0.15) is 16.7 Å². The first-order valence-corrected chi connectivity index (χ1v) is 8.69. The lowest BCUT2D eigenvalue weighted by atomic mass is 10.2. The Kier molecular flexibility index (Phi) is 6.08. The number of nitrogens with one attached hydrogen (secondary N) is 1. The second-order valence-corrected chi connectivity index (χ2v) is 7.02. The lowest BCUT2D eigenvalue weighted by Crippen LogP contribution is -2.25. The Morgan fingerprint density at radius 1 is 1.29 bits per heavy atom. The maximum atomic E-state index is 9.06. The van der Waals surface area contributed by atoms with Gasteiger partial charge < -0.3 is 15.3 Å². The third kappa shape index (κ3) is 4.46. The van der Waals surface area contributed by atoms with Gasteiger partial charge in [-0.3, -0.25) is 0 Å². The van der Waals surface area contributed by atoms with E-state index in [4.69, 9.17) is 5.11 Å². The highest BCUT2D eigenvalue weighted by Crippen LogP contribution is 2.27. The zero-order chi connectivity index (χ0) is 15.2. The molecule has 0 spiro atoms. The summed E-state index contributed by atoms with van der Waals surface area (Å²) in [4.78, 5) is 4.78. The summed E-state index contributed by atoms with van der Waals surface area (Å²) in [7, 11) is 0. The molecule has 0 saturated carbocycles. The molecule has 5 heteroatoms. The van der Waals surface area contributed by atoms with Crippen LogP contribution >= 0.6 is 27.3 Å². The molecule has 1 aromatic heterocycles. The summed E-state index contributed by atoms with van der Waals surface area (Å²) in [6, 6.07) is 10.5. The van der Waals surface area contributed by atoms with Crippen LogP contribution in [0.25, 0.3) is 0 Å². The number of benzene rings is 1. The van der Waals surface area contributed by atoms with Crippen LogP contribution in [0, 0.1) is 6.92 Å². The fourth-order valence-electron chi connectivity index (χ4n) is 2.17. The maximum Gasteiger partial charge on any atom is 0.0606 e. The average molecular weight is 369 g/mol. The standard InChI is InChI=1S/C16H21BrN2OS/c1-3-19(8-9-20)14-6-4-13(5-7-14)18-11-15-10-16(17)12(2)21-15/h4-7,10,18,20H,3,8-9,11H2,1-2H3.